The molecule has 0 aliphatic rings. The zero-order valence-corrected chi connectivity index (χ0v) is 11.8. The normalized spacial score (nSPS) is 10.1. The second-order valence-corrected chi connectivity index (χ2v) is 4.49. The van der Waals surface area contributed by atoms with Gasteiger partial charge >= 0.3 is 6.03 Å². The highest BCUT2D eigenvalue weighted by Crippen LogP contribution is 2.30. The summed E-state index contributed by atoms with van der Waals surface area (Å²) in [6.45, 7) is 0. The third kappa shape index (κ3) is 3.82. The van der Waals surface area contributed by atoms with Crippen LogP contribution in [0.5, 0.6) is 11.5 Å². The maximum atomic E-state index is 13.5. The first-order valence-electron chi connectivity index (χ1n) is 6.66. The summed E-state index contributed by atoms with van der Waals surface area (Å²) in [5.74, 6) is 0.392. The summed E-state index contributed by atoms with van der Waals surface area (Å²) < 4.78 is 20.4. The standard InChI is InChI=1S/C15H12FN5O2/c16-11-6-7-14(23-12-4-2-1-3-5-12)13(8-11)19-15(22)20-21-9-17-18-10-21/h1-10H,(H2,19,20,22). The van der Waals surface area contributed by atoms with Gasteiger partial charge in [-0.15, -0.1) is 10.2 Å². The Hall–Kier alpha value is -3.42. The number of nitrogens with one attached hydrogen (secondary N) is 2. The topological polar surface area (TPSA) is 81.1 Å². The van der Waals surface area contributed by atoms with Crippen LogP contribution >= 0.6 is 0 Å². The molecule has 2 amide bonds. The van der Waals surface area contributed by atoms with E-state index in [9.17, 15) is 9.18 Å². The number of aromatic nitrogens is 3. The Bertz CT molecular complexity index is 793. The number of para-hydroxylation sites is 1. The Kier molecular flexibility index (Phi) is 4.14. The molecule has 0 spiro atoms. The van der Waals surface area contributed by atoms with Crippen LogP contribution in [-0.2, 0) is 0 Å². The van der Waals surface area contributed by atoms with Gasteiger partial charge in [0.25, 0.3) is 0 Å². The summed E-state index contributed by atoms with van der Waals surface area (Å²) in [4.78, 5) is 11.9. The number of amides is 2. The van der Waals surface area contributed by atoms with Gasteiger partial charge in [0.15, 0.2) is 5.75 Å². The smallest absolute Gasteiger partial charge is 0.338 e. The molecule has 0 aliphatic heterocycles. The lowest BCUT2D eigenvalue weighted by Crippen LogP contribution is -2.26. The lowest BCUT2D eigenvalue weighted by atomic mass is 10.2. The van der Waals surface area contributed by atoms with Gasteiger partial charge in [0.1, 0.15) is 24.2 Å². The van der Waals surface area contributed by atoms with E-state index in [2.05, 4.69) is 20.9 Å². The third-order valence-electron chi connectivity index (χ3n) is 2.81. The second kappa shape index (κ2) is 6.56. The van der Waals surface area contributed by atoms with Gasteiger partial charge in [-0.3, -0.25) is 0 Å². The molecule has 0 saturated carbocycles. The second-order valence-electron chi connectivity index (χ2n) is 4.49. The van der Waals surface area contributed by atoms with E-state index in [-0.39, 0.29) is 5.69 Å². The monoisotopic (exact) mass is 313 g/mol. The highest BCUT2D eigenvalue weighted by Gasteiger charge is 2.10. The predicted molar refractivity (Wildman–Crippen MR) is 81.3 cm³/mol. The fourth-order valence-electron chi connectivity index (χ4n) is 1.83. The van der Waals surface area contributed by atoms with Crippen molar-refractivity contribution in [3.8, 4) is 11.5 Å². The van der Waals surface area contributed by atoms with Crippen LogP contribution in [-0.4, -0.2) is 20.9 Å². The quantitative estimate of drug-likeness (QED) is 0.776. The number of nitrogens with zero attached hydrogens (tertiary/aromatic N) is 3. The zero-order chi connectivity index (χ0) is 16.1. The van der Waals surface area contributed by atoms with Gasteiger partial charge in [-0.05, 0) is 24.3 Å². The number of rotatable bonds is 4. The van der Waals surface area contributed by atoms with Crippen LogP contribution in [0.1, 0.15) is 0 Å². The van der Waals surface area contributed by atoms with Crippen LogP contribution in [0.15, 0.2) is 61.2 Å². The van der Waals surface area contributed by atoms with Crippen molar-refractivity contribution in [1.29, 1.82) is 0 Å². The molecule has 2 N–H and O–H groups in total. The van der Waals surface area contributed by atoms with Crippen LogP contribution in [0.3, 0.4) is 0 Å². The molecule has 1 heterocycles. The minimum atomic E-state index is -0.590. The molecule has 0 saturated heterocycles. The van der Waals surface area contributed by atoms with Crippen molar-refractivity contribution in [2.45, 2.75) is 0 Å². The van der Waals surface area contributed by atoms with Crippen molar-refractivity contribution in [3.63, 3.8) is 0 Å². The Labute approximate surface area is 130 Å². The zero-order valence-electron chi connectivity index (χ0n) is 11.8. The summed E-state index contributed by atoms with van der Waals surface area (Å²) >= 11 is 0. The number of carbonyl (C=O) groups excluding carboxylic acids is 1. The Morgan fingerprint density at radius 2 is 1.83 bits per heavy atom. The molecular weight excluding hydrogens is 301 g/mol. The summed E-state index contributed by atoms with van der Waals surface area (Å²) in [5, 5.41) is 9.63. The van der Waals surface area contributed by atoms with Gasteiger partial charge in [0.2, 0.25) is 0 Å². The average molecular weight is 313 g/mol. The fraction of sp³-hybridized carbons (Fsp3) is 0. The van der Waals surface area contributed by atoms with E-state index in [0.29, 0.717) is 11.5 Å². The number of carbonyl (C=O) groups is 1. The molecule has 7 nitrogen and oxygen atoms in total. The molecule has 3 aromatic rings. The summed E-state index contributed by atoms with van der Waals surface area (Å²) in [6.07, 6.45) is 2.62. The lowest BCUT2D eigenvalue weighted by molar-refractivity contribution is 0.259. The molecule has 0 bridgehead atoms. The minimum Gasteiger partial charge on any atom is -0.455 e. The summed E-state index contributed by atoms with van der Waals surface area (Å²) in [5.41, 5.74) is 2.64. The molecule has 0 fully saturated rings. The lowest BCUT2D eigenvalue weighted by Gasteiger charge is -2.13. The van der Waals surface area contributed by atoms with Crippen molar-refractivity contribution in [1.82, 2.24) is 14.9 Å². The van der Waals surface area contributed by atoms with Gasteiger partial charge in [-0.25, -0.2) is 19.3 Å². The first-order valence-corrected chi connectivity index (χ1v) is 6.66. The van der Waals surface area contributed by atoms with Gasteiger partial charge in [-0.2, -0.15) is 0 Å². The third-order valence-corrected chi connectivity index (χ3v) is 2.81. The molecule has 1 aromatic heterocycles. The maximum absolute atomic E-state index is 13.5. The highest BCUT2D eigenvalue weighted by atomic mass is 19.1. The molecule has 3 rings (SSSR count). The first-order chi connectivity index (χ1) is 11.2. The number of urea groups is 1. The molecule has 116 valence electrons. The van der Waals surface area contributed by atoms with Gasteiger partial charge in [-0.1, -0.05) is 18.2 Å². The molecule has 8 heteroatoms. The molecule has 2 aromatic carbocycles. The van der Waals surface area contributed by atoms with Crippen molar-refractivity contribution < 1.29 is 13.9 Å². The Morgan fingerprint density at radius 3 is 2.57 bits per heavy atom. The molecule has 23 heavy (non-hydrogen) atoms. The first kappa shape index (κ1) is 14.5. The molecule has 0 radical (unpaired) electrons. The van der Waals surface area contributed by atoms with E-state index in [1.807, 2.05) is 18.2 Å². The highest BCUT2D eigenvalue weighted by molar-refractivity contribution is 5.96. The van der Waals surface area contributed by atoms with E-state index in [0.717, 1.165) is 0 Å². The van der Waals surface area contributed by atoms with Gasteiger partial charge in [0, 0.05) is 6.07 Å². The fourth-order valence-corrected chi connectivity index (χ4v) is 1.83. The van der Waals surface area contributed by atoms with E-state index < -0.39 is 11.8 Å². The molecular formula is C15H12FN5O2. The average Bonchev–Trinajstić information content (AvgIpc) is 3.04. The van der Waals surface area contributed by atoms with Crippen molar-refractivity contribution in [2.75, 3.05) is 10.7 Å². The number of hydrogen-bond donors (Lipinski definition) is 2. The van der Waals surface area contributed by atoms with E-state index in [4.69, 9.17) is 4.74 Å². The van der Waals surface area contributed by atoms with E-state index >= 15 is 0 Å². The largest absolute Gasteiger partial charge is 0.455 e. The predicted octanol–water partition coefficient (Wildman–Crippen LogP) is 2.99. The number of hydrogen-bond acceptors (Lipinski definition) is 4. The van der Waals surface area contributed by atoms with Crippen molar-refractivity contribution in [3.05, 3.63) is 67.0 Å². The number of halogens is 1. The number of anilines is 1. The number of ether oxygens (including phenoxy) is 1. The minimum absolute atomic E-state index is 0.194. The molecule has 0 atom stereocenters. The molecule has 0 aliphatic carbocycles. The Balaban J connectivity index is 1.77. The number of benzene rings is 2. The van der Waals surface area contributed by atoms with Crippen LogP contribution < -0.4 is 15.5 Å². The van der Waals surface area contributed by atoms with Gasteiger partial charge in [0.05, 0.1) is 5.69 Å². The maximum Gasteiger partial charge on any atom is 0.338 e. The van der Waals surface area contributed by atoms with Gasteiger partial charge < -0.3 is 10.1 Å². The van der Waals surface area contributed by atoms with Crippen LogP contribution in [0.4, 0.5) is 14.9 Å². The summed E-state index contributed by atoms with van der Waals surface area (Å²) in [7, 11) is 0. The van der Waals surface area contributed by atoms with E-state index in [1.165, 1.54) is 35.5 Å². The van der Waals surface area contributed by atoms with Crippen LogP contribution in [0, 0.1) is 5.82 Å². The van der Waals surface area contributed by atoms with Crippen LogP contribution in [0.2, 0.25) is 0 Å². The SMILES string of the molecule is O=C(Nc1cc(F)ccc1Oc1ccccc1)Nn1cnnc1. The van der Waals surface area contributed by atoms with Crippen molar-refractivity contribution >= 4 is 11.7 Å². The molecule has 0 unspecified atom stereocenters. The summed E-state index contributed by atoms with van der Waals surface area (Å²) in [6, 6.07) is 12.3. The van der Waals surface area contributed by atoms with Crippen LogP contribution in [0.25, 0.3) is 0 Å². The van der Waals surface area contributed by atoms with Crippen molar-refractivity contribution in [2.24, 2.45) is 0 Å². The Morgan fingerprint density at radius 1 is 1.09 bits per heavy atom. The van der Waals surface area contributed by atoms with E-state index in [1.54, 1.807) is 12.1 Å².